The fourth-order valence-electron chi connectivity index (χ4n) is 3.32. The molecule has 28 heavy (non-hydrogen) atoms. The summed E-state index contributed by atoms with van der Waals surface area (Å²) in [6.45, 7) is 6.10. The van der Waals surface area contributed by atoms with Gasteiger partial charge in [-0.2, -0.15) is 0 Å². The number of rotatable bonds is 6. The Morgan fingerprint density at radius 1 is 0.964 bits per heavy atom. The lowest BCUT2D eigenvalue weighted by molar-refractivity contribution is -0.115. The fraction of sp³-hybridized carbons (Fsp3) is 0.364. The van der Waals surface area contributed by atoms with E-state index < -0.39 is 0 Å². The van der Waals surface area contributed by atoms with E-state index in [9.17, 15) is 9.59 Å². The molecule has 3 N–H and O–H groups in total. The summed E-state index contributed by atoms with van der Waals surface area (Å²) < 4.78 is 0. The second-order valence-electron chi connectivity index (χ2n) is 7.38. The number of nitrogens with zero attached hydrogens (tertiary/aromatic N) is 1. The Bertz CT molecular complexity index is 812. The molecule has 1 fully saturated rings. The van der Waals surface area contributed by atoms with Crippen LogP contribution >= 0.6 is 0 Å². The van der Waals surface area contributed by atoms with Crippen molar-refractivity contribution in [2.75, 3.05) is 40.5 Å². The zero-order valence-corrected chi connectivity index (χ0v) is 16.5. The Labute approximate surface area is 166 Å². The number of nitrogens with one attached hydrogen (secondary N) is 3. The molecule has 0 unspecified atom stereocenters. The summed E-state index contributed by atoms with van der Waals surface area (Å²) in [6, 6.07) is 15.3. The second kappa shape index (κ2) is 9.26. The van der Waals surface area contributed by atoms with E-state index in [2.05, 4.69) is 39.9 Å². The third-order valence-electron chi connectivity index (χ3n) is 4.94. The van der Waals surface area contributed by atoms with Crippen molar-refractivity contribution in [3.8, 4) is 0 Å². The summed E-state index contributed by atoms with van der Waals surface area (Å²) in [5, 5.41) is 8.70. The molecule has 0 bridgehead atoms. The number of anilines is 4. The van der Waals surface area contributed by atoms with Crippen molar-refractivity contribution in [3.63, 3.8) is 0 Å². The molecule has 2 aromatic carbocycles. The van der Waals surface area contributed by atoms with Crippen molar-refractivity contribution in [3.05, 3.63) is 48.5 Å². The van der Waals surface area contributed by atoms with Crippen LogP contribution < -0.4 is 20.9 Å². The van der Waals surface area contributed by atoms with Crippen LogP contribution in [0.2, 0.25) is 0 Å². The van der Waals surface area contributed by atoms with Crippen molar-refractivity contribution in [2.45, 2.75) is 26.7 Å². The first-order chi connectivity index (χ1) is 13.5. The molecule has 0 radical (unpaired) electrons. The quantitative estimate of drug-likeness (QED) is 0.710. The predicted octanol–water partition coefficient (Wildman–Crippen LogP) is 3.93. The molecule has 2 amide bonds. The van der Waals surface area contributed by atoms with Crippen LogP contribution in [0, 0.1) is 5.92 Å². The van der Waals surface area contributed by atoms with Crippen molar-refractivity contribution in [1.29, 1.82) is 0 Å². The van der Waals surface area contributed by atoms with Crippen molar-refractivity contribution >= 4 is 34.6 Å². The highest BCUT2D eigenvalue weighted by Gasteiger charge is 2.15. The van der Waals surface area contributed by atoms with Gasteiger partial charge in [0.15, 0.2) is 0 Å². The van der Waals surface area contributed by atoms with E-state index in [-0.39, 0.29) is 18.4 Å². The van der Waals surface area contributed by atoms with Gasteiger partial charge in [-0.1, -0.05) is 13.0 Å². The second-order valence-corrected chi connectivity index (χ2v) is 7.38. The number of hydrogen-bond donors (Lipinski definition) is 3. The van der Waals surface area contributed by atoms with Gasteiger partial charge in [-0.25, -0.2) is 0 Å². The fourth-order valence-corrected chi connectivity index (χ4v) is 3.32. The highest BCUT2D eigenvalue weighted by atomic mass is 16.2. The van der Waals surface area contributed by atoms with Gasteiger partial charge in [0, 0.05) is 42.8 Å². The molecule has 6 nitrogen and oxygen atoms in total. The third-order valence-corrected chi connectivity index (χ3v) is 4.94. The predicted molar refractivity (Wildman–Crippen MR) is 115 cm³/mol. The van der Waals surface area contributed by atoms with E-state index in [0.717, 1.165) is 30.4 Å². The largest absolute Gasteiger partial charge is 0.376 e. The molecule has 3 rings (SSSR count). The number of benzene rings is 2. The Kier molecular flexibility index (Phi) is 6.53. The van der Waals surface area contributed by atoms with Crippen LogP contribution in [-0.4, -0.2) is 31.4 Å². The first-order valence-corrected chi connectivity index (χ1v) is 9.76. The molecule has 0 aliphatic carbocycles. The van der Waals surface area contributed by atoms with Crippen LogP contribution in [0.4, 0.5) is 22.7 Å². The molecule has 148 valence electrons. The zero-order chi connectivity index (χ0) is 19.9. The normalized spacial score (nSPS) is 14.4. The zero-order valence-electron chi connectivity index (χ0n) is 16.5. The lowest BCUT2D eigenvalue weighted by Crippen LogP contribution is -2.32. The van der Waals surface area contributed by atoms with Gasteiger partial charge in [0.05, 0.1) is 6.54 Å². The molecule has 1 aliphatic heterocycles. The average molecular weight is 380 g/mol. The lowest BCUT2D eigenvalue weighted by atomic mass is 9.99. The average Bonchev–Trinajstić information content (AvgIpc) is 2.67. The maximum absolute atomic E-state index is 12.2. The Morgan fingerprint density at radius 3 is 2.32 bits per heavy atom. The standard InChI is InChI=1S/C22H28N4O2/c1-16-10-12-26(13-11-16)21-8-6-18(7-9-21)25-22(28)15-23-19-4-3-5-20(14-19)24-17(2)27/h3-9,14,16,23H,10-13,15H2,1-2H3,(H,24,27)(H,25,28). The molecular weight excluding hydrogens is 352 g/mol. The number of piperidine rings is 1. The maximum Gasteiger partial charge on any atom is 0.243 e. The van der Waals surface area contributed by atoms with E-state index in [1.54, 1.807) is 12.1 Å². The van der Waals surface area contributed by atoms with Crippen LogP contribution in [0.1, 0.15) is 26.7 Å². The van der Waals surface area contributed by atoms with Gasteiger partial charge in [0.25, 0.3) is 0 Å². The van der Waals surface area contributed by atoms with Gasteiger partial charge in [-0.3, -0.25) is 9.59 Å². The number of carbonyl (C=O) groups is 2. The van der Waals surface area contributed by atoms with Gasteiger partial charge >= 0.3 is 0 Å². The smallest absolute Gasteiger partial charge is 0.243 e. The molecule has 0 aromatic heterocycles. The van der Waals surface area contributed by atoms with Gasteiger partial charge in [0.1, 0.15) is 0 Å². The van der Waals surface area contributed by atoms with Crippen LogP contribution in [0.5, 0.6) is 0 Å². The summed E-state index contributed by atoms with van der Waals surface area (Å²) in [4.78, 5) is 25.7. The van der Waals surface area contributed by atoms with Crippen molar-refractivity contribution < 1.29 is 9.59 Å². The molecule has 6 heteroatoms. The number of hydrogen-bond acceptors (Lipinski definition) is 4. The van der Waals surface area contributed by atoms with Crippen LogP contribution in [0.3, 0.4) is 0 Å². The van der Waals surface area contributed by atoms with Gasteiger partial charge in [-0.05, 0) is 61.2 Å². The third kappa shape index (κ3) is 5.74. The van der Waals surface area contributed by atoms with E-state index >= 15 is 0 Å². The Morgan fingerprint density at radius 2 is 1.64 bits per heavy atom. The SMILES string of the molecule is CC(=O)Nc1cccc(NCC(=O)Nc2ccc(N3CCC(C)CC3)cc2)c1. The van der Waals surface area contributed by atoms with Crippen LogP contribution in [0.15, 0.2) is 48.5 Å². The van der Waals surface area contributed by atoms with Crippen LogP contribution in [-0.2, 0) is 9.59 Å². The summed E-state index contributed by atoms with van der Waals surface area (Å²) in [7, 11) is 0. The Hall–Kier alpha value is -3.02. The highest BCUT2D eigenvalue weighted by molar-refractivity contribution is 5.94. The van der Waals surface area contributed by atoms with Crippen LogP contribution in [0.25, 0.3) is 0 Å². The molecule has 0 spiro atoms. The number of carbonyl (C=O) groups excluding carboxylic acids is 2. The summed E-state index contributed by atoms with van der Waals surface area (Å²) >= 11 is 0. The Balaban J connectivity index is 1.49. The van der Waals surface area contributed by atoms with E-state index in [4.69, 9.17) is 0 Å². The van der Waals surface area contributed by atoms with E-state index in [1.807, 2.05) is 24.3 Å². The maximum atomic E-state index is 12.2. The summed E-state index contributed by atoms with van der Waals surface area (Å²) in [6.07, 6.45) is 2.46. The molecule has 1 heterocycles. The molecule has 2 aromatic rings. The molecular formula is C22H28N4O2. The van der Waals surface area contributed by atoms with Crippen molar-refractivity contribution in [1.82, 2.24) is 0 Å². The summed E-state index contributed by atoms with van der Waals surface area (Å²) in [5.74, 6) is 0.558. The highest BCUT2D eigenvalue weighted by Crippen LogP contribution is 2.24. The summed E-state index contributed by atoms with van der Waals surface area (Å²) in [5.41, 5.74) is 3.46. The minimum absolute atomic E-state index is 0.121. The molecule has 0 saturated carbocycles. The minimum atomic E-state index is -0.127. The number of amides is 2. The van der Waals surface area contributed by atoms with Crippen molar-refractivity contribution in [2.24, 2.45) is 5.92 Å². The molecule has 1 aliphatic rings. The van der Waals surface area contributed by atoms with Gasteiger partial charge in [-0.15, -0.1) is 0 Å². The molecule has 1 saturated heterocycles. The van der Waals surface area contributed by atoms with E-state index in [1.165, 1.54) is 25.5 Å². The van der Waals surface area contributed by atoms with Gasteiger partial charge < -0.3 is 20.9 Å². The monoisotopic (exact) mass is 380 g/mol. The first kappa shape index (κ1) is 19.7. The topological polar surface area (TPSA) is 73.5 Å². The first-order valence-electron chi connectivity index (χ1n) is 9.76. The van der Waals surface area contributed by atoms with Gasteiger partial charge in [0.2, 0.25) is 11.8 Å². The van der Waals surface area contributed by atoms with E-state index in [0.29, 0.717) is 5.69 Å². The lowest BCUT2D eigenvalue weighted by Gasteiger charge is -2.32. The molecule has 0 atom stereocenters. The minimum Gasteiger partial charge on any atom is -0.376 e.